The number of likely N-dealkylation sites (N-methyl/N-ethyl adjacent to an activating group) is 1. The maximum Gasteiger partial charge on any atom is 0.282 e. The number of carbonyl (C=O) groups excluding carboxylic acids is 1. The predicted octanol–water partition coefficient (Wildman–Crippen LogP) is 0.306. The predicted molar refractivity (Wildman–Crippen MR) is 114 cm³/mol. The Morgan fingerprint density at radius 3 is 2.19 bits per heavy atom. The molecule has 0 radical (unpaired) electrons. The van der Waals surface area contributed by atoms with Gasteiger partial charge in [0.15, 0.2) is 0 Å². The van der Waals surface area contributed by atoms with E-state index in [2.05, 4.69) is 15.1 Å². The second-order valence-corrected chi connectivity index (χ2v) is 9.79. The molecule has 168 valence electrons. The maximum absolute atomic E-state index is 12.9. The van der Waals surface area contributed by atoms with Gasteiger partial charge in [-0.1, -0.05) is 18.2 Å². The van der Waals surface area contributed by atoms with Gasteiger partial charge in [0.1, 0.15) is 0 Å². The second kappa shape index (κ2) is 9.43. The lowest BCUT2D eigenvalue weighted by molar-refractivity contribution is -0.132. The maximum atomic E-state index is 12.9. The zero-order chi connectivity index (χ0) is 21.8. The Balaban J connectivity index is 1.26. The van der Waals surface area contributed by atoms with Crippen molar-refractivity contribution < 1.29 is 17.6 Å². The molecule has 0 atom stereocenters. The molecular formula is C20H28N6O4S. The van der Waals surface area contributed by atoms with E-state index >= 15 is 0 Å². The molecule has 4 rings (SSSR count). The van der Waals surface area contributed by atoms with E-state index in [1.807, 2.05) is 37.4 Å². The van der Waals surface area contributed by atoms with Crippen molar-refractivity contribution in [1.29, 1.82) is 0 Å². The molecule has 0 bridgehead atoms. The summed E-state index contributed by atoms with van der Waals surface area (Å²) in [5, 5.41) is 8.07. The summed E-state index contributed by atoms with van der Waals surface area (Å²) in [4.78, 5) is 16.4. The normalized spacial score (nSPS) is 19.6. The third-order valence-electron chi connectivity index (χ3n) is 5.75. The Morgan fingerprint density at radius 1 is 0.935 bits per heavy atom. The van der Waals surface area contributed by atoms with Crippen LogP contribution in [0.15, 0.2) is 34.7 Å². The van der Waals surface area contributed by atoms with E-state index in [4.69, 9.17) is 4.42 Å². The van der Waals surface area contributed by atoms with E-state index in [1.54, 1.807) is 9.21 Å². The Morgan fingerprint density at radius 2 is 1.55 bits per heavy atom. The Kier molecular flexibility index (Phi) is 6.65. The highest BCUT2D eigenvalue weighted by molar-refractivity contribution is 7.86. The van der Waals surface area contributed by atoms with Crippen LogP contribution in [0.2, 0.25) is 0 Å². The van der Waals surface area contributed by atoms with Crippen molar-refractivity contribution in [3.05, 3.63) is 36.2 Å². The zero-order valence-corrected chi connectivity index (χ0v) is 18.5. The number of hydrogen-bond donors (Lipinski definition) is 0. The van der Waals surface area contributed by atoms with Gasteiger partial charge in [0.25, 0.3) is 10.2 Å². The third-order valence-corrected chi connectivity index (χ3v) is 7.78. The minimum atomic E-state index is -3.47. The molecule has 1 aromatic carbocycles. The van der Waals surface area contributed by atoms with Crippen LogP contribution in [0.4, 0.5) is 0 Å². The molecule has 0 aliphatic carbocycles. The summed E-state index contributed by atoms with van der Waals surface area (Å²) in [6.07, 6.45) is 0.611. The number of rotatable bonds is 6. The van der Waals surface area contributed by atoms with Crippen molar-refractivity contribution in [2.45, 2.75) is 12.8 Å². The smallest absolute Gasteiger partial charge is 0.282 e. The van der Waals surface area contributed by atoms with Gasteiger partial charge in [0.2, 0.25) is 17.7 Å². The molecule has 31 heavy (non-hydrogen) atoms. The lowest BCUT2D eigenvalue weighted by Crippen LogP contribution is -2.57. The number of benzene rings is 1. The zero-order valence-electron chi connectivity index (χ0n) is 17.7. The van der Waals surface area contributed by atoms with Crippen LogP contribution in [0.3, 0.4) is 0 Å². The number of aryl methyl sites for hydroxylation is 1. The van der Waals surface area contributed by atoms with Gasteiger partial charge in [-0.3, -0.25) is 4.79 Å². The van der Waals surface area contributed by atoms with Gasteiger partial charge in [0.05, 0.1) is 0 Å². The van der Waals surface area contributed by atoms with Gasteiger partial charge in [-0.25, -0.2) is 0 Å². The van der Waals surface area contributed by atoms with Crippen molar-refractivity contribution in [2.75, 3.05) is 59.4 Å². The lowest BCUT2D eigenvalue weighted by Gasteiger charge is -2.39. The fraction of sp³-hybridized carbons (Fsp3) is 0.550. The van der Waals surface area contributed by atoms with Crippen LogP contribution in [0.1, 0.15) is 12.3 Å². The minimum absolute atomic E-state index is 0.0314. The van der Waals surface area contributed by atoms with E-state index in [0.29, 0.717) is 57.5 Å². The monoisotopic (exact) mass is 448 g/mol. The van der Waals surface area contributed by atoms with Crippen LogP contribution >= 0.6 is 0 Å². The number of hydrogen-bond acceptors (Lipinski definition) is 7. The molecule has 2 saturated heterocycles. The Bertz CT molecular complexity index is 980. The molecule has 3 heterocycles. The van der Waals surface area contributed by atoms with Crippen molar-refractivity contribution in [1.82, 2.24) is 28.6 Å². The average Bonchev–Trinajstić information content (AvgIpc) is 3.27. The van der Waals surface area contributed by atoms with Gasteiger partial charge < -0.3 is 14.2 Å². The van der Waals surface area contributed by atoms with Crippen molar-refractivity contribution >= 4 is 16.1 Å². The standard InChI is InChI=1S/C20H28N6O4S/c1-23-9-13-25(14-10-23)31(28,29)26-15-11-24(12-16-26)19(27)8-7-18-21-22-20(30-18)17-5-3-2-4-6-17/h2-6H,7-16H2,1H3. The van der Waals surface area contributed by atoms with Gasteiger partial charge >= 0.3 is 0 Å². The molecule has 1 amide bonds. The van der Waals surface area contributed by atoms with E-state index < -0.39 is 10.2 Å². The third kappa shape index (κ3) is 5.12. The van der Waals surface area contributed by atoms with Crippen molar-refractivity contribution in [3.63, 3.8) is 0 Å². The number of amides is 1. The van der Waals surface area contributed by atoms with Crippen LogP contribution in [-0.2, 0) is 21.4 Å². The molecule has 2 fully saturated rings. The number of aromatic nitrogens is 2. The molecule has 0 unspecified atom stereocenters. The number of carbonyl (C=O) groups is 1. The summed E-state index contributed by atoms with van der Waals surface area (Å²) < 4.78 is 34.4. The van der Waals surface area contributed by atoms with Crippen LogP contribution < -0.4 is 0 Å². The Hall–Kier alpha value is -2.34. The Labute approximate surface area is 182 Å². The summed E-state index contributed by atoms with van der Waals surface area (Å²) in [6, 6.07) is 9.48. The summed E-state index contributed by atoms with van der Waals surface area (Å²) in [5.74, 6) is 0.824. The molecule has 0 spiro atoms. The average molecular weight is 449 g/mol. The fourth-order valence-corrected chi connectivity index (χ4v) is 5.35. The second-order valence-electron chi connectivity index (χ2n) is 7.86. The first-order chi connectivity index (χ1) is 14.9. The van der Waals surface area contributed by atoms with Gasteiger partial charge in [-0.2, -0.15) is 17.0 Å². The molecule has 10 nitrogen and oxygen atoms in total. The topological polar surface area (TPSA) is 103 Å². The SMILES string of the molecule is CN1CCN(S(=O)(=O)N2CCN(C(=O)CCc3nnc(-c4ccccc4)o3)CC2)CC1. The van der Waals surface area contributed by atoms with Gasteiger partial charge in [0, 0.05) is 70.8 Å². The molecule has 0 saturated carbocycles. The first-order valence-corrected chi connectivity index (χ1v) is 11.9. The van der Waals surface area contributed by atoms with E-state index in [1.165, 1.54) is 4.31 Å². The largest absolute Gasteiger partial charge is 0.421 e. The number of piperazine rings is 2. The van der Waals surface area contributed by atoms with Crippen LogP contribution in [0.25, 0.3) is 11.5 Å². The van der Waals surface area contributed by atoms with Gasteiger partial charge in [-0.15, -0.1) is 10.2 Å². The minimum Gasteiger partial charge on any atom is -0.421 e. The van der Waals surface area contributed by atoms with Crippen LogP contribution in [-0.4, -0.2) is 102 Å². The van der Waals surface area contributed by atoms with E-state index in [9.17, 15) is 13.2 Å². The summed E-state index contributed by atoms with van der Waals surface area (Å²) in [5.41, 5.74) is 0.838. The molecule has 0 N–H and O–H groups in total. The molecule has 11 heteroatoms. The lowest BCUT2D eigenvalue weighted by atomic mass is 10.2. The molecule has 2 aliphatic heterocycles. The molecule has 2 aromatic rings. The first kappa shape index (κ1) is 21.9. The van der Waals surface area contributed by atoms with Crippen LogP contribution in [0, 0.1) is 0 Å². The molecule has 1 aromatic heterocycles. The highest BCUT2D eigenvalue weighted by Gasteiger charge is 2.34. The quantitative estimate of drug-likeness (QED) is 0.626. The number of nitrogens with zero attached hydrogens (tertiary/aromatic N) is 6. The highest BCUT2D eigenvalue weighted by atomic mass is 32.2. The first-order valence-electron chi connectivity index (χ1n) is 10.5. The van der Waals surface area contributed by atoms with Crippen LogP contribution in [0.5, 0.6) is 0 Å². The summed E-state index contributed by atoms with van der Waals surface area (Å²) in [7, 11) is -1.48. The summed E-state index contributed by atoms with van der Waals surface area (Å²) >= 11 is 0. The highest BCUT2D eigenvalue weighted by Crippen LogP contribution is 2.18. The summed E-state index contributed by atoms with van der Waals surface area (Å²) in [6.45, 7) is 3.91. The van der Waals surface area contributed by atoms with Gasteiger partial charge in [-0.05, 0) is 19.2 Å². The van der Waals surface area contributed by atoms with E-state index in [0.717, 1.165) is 18.7 Å². The van der Waals surface area contributed by atoms with E-state index in [-0.39, 0.29) is 12.3 Å². The van der Waals surface area contributed by atoms with Crippen molar-refractivity contribution in [2.24, 2.45) is 0 Å². The van der Waals surface area contributed by atoms with Crippen molar-refractivity contribution in [3.8, 4) is 11.5 Å². The fourth-order valence-electron chi connectivity index (χ4n) is 3.77. The molecule has 2 aliphatic rings. The molecular weight excluding hydrogens is 420 g/mol.